The lowest BCUT2D eigenvalue weighted by Gasteiger charge is -2.06. The molecule has 0 aliphatic carbocycles. The van der Waals surface area contributed by atoms with E-state index in [9.17, 15) is 9.18 Å². The number of halogens is 2. The second kappa shape index (κ2) is 9.29. The second-order valence-corrected chi connectivity index (χ2v) is 9.09. The Morgan fingerprint density at radius 1 is 1.09 bits per heavy atom. The van der Waals surface area contributed by atoms with Crippen molar-refractivity contribution >= 4 is 44.7 Å². The highest BCUT2D eigenvalue weighted by atomic mass is 35.5. The molecule has 2 aromatic heterocycles. The number of carbonyl (C=O) groups is 1. The summed E-state index contributed by atoms with van der Waals surface area (Å²) in [7, 11) is 0. The minimum absolute atomic E-state index is 0.0506. The van der Waals surface area contributed by atoms with Crippen molar-refractivity contribution in [1.29, 1.82) is 0 Å². The topological polar surface area (TPSA) is 64.4 Å². The third-order valence-corrected chi connectivity index (χ3v) is 6.45. The van der Waals surface area contributed by atoms with Gasteiger partial charge in [0.15, 0.2) is 5.76 Å². The molecule has 0 aliphatic heterocycles. The van der Waals surface area contributed by atoms with Crippen LogP contribution in [0.2, 0.25) is 5.02 Å². The quantitative estimate of drug-likeness (QED) is 0.267. The number of amides is 1. The summed E-state index contributed by atoms with van der Waals surface area (Å²) < 4.78 is 25.4. The van der Waals surface area contributed by atoms with E-state index in [1.54, 1.807) is 23.5 Å². The van der Waals surface area contributed by atoms with Crippen molar-refractivity contribution in [3.63, 3.8) is 0 Å². The van der Waals surface area contributed by atoms with Gasteiger partial charge in [0.1, 0.15) is 28.9 Å². The largest absolute Gasteiger partial charge is 0.484 e. The van der Waals surface area contributed by atoms with Gasteiger partial charge in [-0.15, -0.1) is 11.3 Å². The first-order valence-electron chi connectivity index (χ1n) is 10.4. The van der Waals surface area contributed by atoms with Gasteiger partial charge in [-0.3, -0.25) is 4.79 Å². The molecule has 0 atom stereocenters. The average Bonchev–Trinajstić information content (AvgIpc) is 3.46. The number of furan rings is 1. The number of fused-ring (bicyclic) bond motifs is 1. The van der Waals surface area contributed by atoms with Crippen molar-refractivity contribution in [2.45, 2.75) is 13.5 Å². The molecule has 2 heterocycles. The van der Waals surface area contributed by atoms with Gasteiger partial charge in [0, 0.05) is 11.3 Å². The zero-order chi connectivity index (χ0) is 23.7. The number of anilines is 1. The van der Waals surface area contributed by atoms with Crippen LogP contribution in [-0.4, -0.2) is 10.9 Å². The Labute approximate surface area is 203 Å². The molecule has 1 N–H and O–H groups in total. The molecular formula is C26H18ClFN2O3S. The summed E-state index contributed by atoms with van der Waals surface area (Å²) >= 11 is 7.59. The van der Waals surface area contributed by atoms with Crippen LogP contribution in [0, 0.1) is 12.7 Å². The highest BCUT2D eigenvalue weighted by molar-refractivity contribution is 7.21. The fourth-order valence-corrected chi connectivity index (χ4v) is 4.65. The first-order valence-corrected chi connectivity index (χ1v) is 11.6. The van der Waals surface area contributed by atoms with Gasteiger partial charge in [0.2, 0.25) is 0 Å². The zero-order valence-electron chi connectivity index (χ0n) is 18.0. The molecular weight excluding hydrogens is 475 g/mol. The van der Waals surface area contributed by atoms with Crippen LogP contribution < -0.4 is 10.1 Å². The third-order valence-electron chi connectivity index (χ3n) is 5.08. The van der Waals surface area contributed by atoms with Crippen LogP contribution in [0.3, 0.4) is 0 Å². The Bertz CT molecular complexity index is 1490. The number of nitrogens with one attached hydrogen (secondary N) is 1. The maximum Gasteiger partial charge on any atom is 0.291 e. The van der Waals surface area contributed by atoms with Gasteiger partial charge in [-0.25, -0.2) is 9.37 Å². The molecule has 170 valence electrons. The standard InChI is InChI=1S/C26H18ClFN2O3S/c1-15-2-9-21-24(12-15)34-26(30-21)16-3-6-18(7-4-16)29-25(31)23-11-8-19(33-23)14-32-22-10-5-17(28)13-20(22)27/h2-13H,14H2,1H3,(H,29,31). The van der Waals surface area contributed by atoms with Crippen LogP contribution in [0.4, 0.5) is 10.1 Å². The van der Waals surface area contributed by atoms with Crippen molar-refractivity contribution in [2.75, 3.05) is 5.32 Å². The van der Waals surface area contributed by atoms with Crippen molar-refractivity contribution in [3.8, 4) is 16.3 Å². The molecule has 0 fully saturated rings. The number of hydrogen-bond donors (Lipinski definition) is 1. The Balaban J connectivity index is 1.22. The summed E-state index contributed by atoms with van der Waals surface area (Å²) in [5, 5.41) is 3.91. The van der Waals surface area contributed by atoms with Gasteiger partial charge in [0.25, 0.3) is 5.91 Å². The van der Waals surface area contributed by atoms with E-state index in [1.165, 1.54) is 23.8 Å². The number of benzene rings is 3. The number of hydrogen-bond acceptors (Lipinski definition) is 5. The zero-order valence-corrected chi connectivity index (χ0v) is 19.5. The number of aromatic nitrogens is 1. The van der Waals surface area contributed by atoms with E-state index in [4.69, 9.17) is 25.7 Å². The Morgan fingerprint density at radius 2 is 1.91 bits per heavy atom. The molecule has 3 aromatic carbocycles. The molecule has 5 nitrogen and oxygen atoms in total. The Hall–Kier alpha value is -3.68. The number of rotatable bonds is 6. The van der Waals surface area contributed by atoms with Crippen molar-refractivity contribution < 1.29 is 18.3 Å². The second-order valence-electron chi connectivity index (χ2n) is 7.65. The number of nitrogens with zero attached hydrogens (tertiary/aromatic N) is 1. The maximum absolute atomic E-state index is 13.1. The molecule has 5 aromatic rings. The minimum Gasteiger partial charge on any atom is -0.484 e. The van der Waals surface area contributed by atoms with E-state index in [2.05, 4.69) is 24.4 Å². The van der Waals surface area contributed by atoms with Crippen LogP contribution in [0.15, 0.2) is 77.2 Å². The Kier molecular flexibility index (Phi) is 6.04. The minimum atomic E-state index is -0.447. The van der Waals surface area contributed by atoms with Gasteiger partial charge < -0.3 is 14.5 Å². The maximum atomic E-state index is 13.1. The predicted octanol–water partition coefficient (Wildman–Crippen LogP) is 7.49. The smallest absolute Gasteiger partial charge is 0.291 e. The fourth-order valence-electron chi connectivity index (χ4n) is 3.36. The van der Waals surface area contributed by atoms with E-state index in [0.717, 1.165) is 20.8 Å². The van der Waals surface area contributed by atoms with Crippen LogP contribution in [0.5, 0.6) is 5.75 Å². The van der Waals surface area contributed by atoms with Gasteiger partial charge in [-0.05, 0) is 79.2 Å². The molecule has 0 bridgehead atoms. The predicted molar refractivity (Wildman–Crippen MR) is 132 cm³/mol. The lowest BCUT2D eigenvalue weighted by molar-refractivity contribution is 0.0992. The summed E-state index contributed by atoms with van der Waals surface area (Å²) in [4.78, 5) is 17.3. The summed E-state index contributed by atoms with van der Waals surface area (Å²) in [5.74, 6) is 0.0852. The van der Waals surface area contributed by atoms with E-state index < -0.39 is 5.82 Å². The molecule has 5 rings (SSSR count). The van der Waals surface area contributed by atoms with E-state index in [-0.39, 0.29) is 23.3 Å². The van der Waals surface area contributed by atoms with Crippen molar-refractivity contribution in [3.05, 3.63) is 101 Å². The molecule has 0 aliphatic rings. The summed E-state index contributed by atoms with van der Waals surface area (Å²) in [6.45, 7) is 2.11. The molecule has 0 spiro atoms. The van der Waals surface area contributed by atoms with Gasteiger partial charge in [0.05, 0.1) is 15.2 Å². The average molecular weight is 493 g/mol. The van der Waals surface area contributed by atoms with Gasteiger partial charge in [-0.1, -0.05) is 17.7 Å². The Morgan fingerprint density at radius 3 is 2.71 bits per heavy atom. The lowest BCUT2D eigenvalue weighted by Crippen LogP contribution is -2.10. The van der Waals surface area contributed by atoms with Crippen molar-refractivity contribution in [2.24, 2.45) is 0 Å². The van der Waals surface area contributed by atoms with Crippen LogP contribution in [0.25, 0.3) is 20.8 Å². The van der Waals surface area contributed by atoms with E-state index >= 15 is 0 Å². The van der Waals surface area contributed by atoms with E-state index in [1.807, 2.05) is 30.3 Å². The summed E-state index contributed by atoms with van der Waals surface area (Å²) in [6.07, 6.45) is 0. The molecule has 0 radical (unpaired) electrons. The lowest BCUT2D eigenvalue weighted by atomic mass is 10.2. The summed E-state index contributed by atoms with van der Waals surface area (Å²) in [6, 6.07) is 20.8. The van der Waals surface area contributed by atoms with Crippen LogP contribution >= 0.6 is 22.9 Å². The first kappa shape index (κ1) is 22.1. The molecule has 0 saturated heterocycles. The van der Waals surface area contributed by atoms with Crippen molar-refractivity contribution in [1.82, 2.24) is 4.98 Å². The molecule has 34 heavy (non-hydrogen) atoms. The third kappa shape index (κ3) is 4.81. The highest BCUT2D eigenvalue weighted by Crippen LogP contribution is 2.31. The highest BCUT2D eigenvalue weighted by Gasteiger charge is 2.13. The molecule has 0 unspecified atom stereocenters. The SMILES string of the molecule is Cc1ccc2nc(-c3ccc(NC(=O)c4ccc(COc5ccc(F)cc5Cl)o4)cc3)sc2c1. The molecule has 0 saturated carbocycles. The number of ether oxygens (including phenoxy) is 1. The number of carbonyl (C=O) groups excluding carboxylic acids is 1. The number of aryl methyl sites for hydroxylation is 1. The molecule has 1 amide bonds. The van der Waals surface area contributed by atoms with Gasteiger partial charge >= 0.3 is 0 Å². The van der Waals surface area contributed by atoms with Gasteiger partial charge in [-0.2, -0.15) is 0 Å². The van der Waals surface area contributed by atoms with E-state index in [0.29, 0.717) is 17.2 Å². The van der Waals surface area contributed by atoms with Crippen LogP contribution in [0.1, 0.15) is 21.9 Å². The van der Waals surface area contributed by atoms with Crippen LogP contribution in [-0.2, 0) is 6.61 Å². The normalized spacial score (nSPS) is 11.0. The summed E-state index contributed by atoms with van der Waals surface area (Å²) in [5.41, 5.74) is 3.79. The fraction of sp³-hybridized carbons (Fsp3) is 0.0769. The number of thiazole rings is 1. The molecule has 8 heteroatoms. The first-order chi connectivity index (χ1) is 16.4. The monoisotopic (exact) mass is 492 g/mol.